The molecule has 1 aromatic heterocycles. The number of hydrogen-bond acceptors (Lipinski definition) is 3. The molecule has 2 heterocycles. The summed E-state index contributed by atoms with van der Waals surface area (Å²) in [6.45, 7) is 0.428. The summed E-state index contributed by atoms with van der Waals surface area (Å²) in [7, 11) is 0. The molecule has 0 spiro atoms. The van der Waals surface area contributed by atoms with Crippen LogP contribution in [0, 0.1) is 0 Å². The zero-order valence-electron chi connectivity index (χ0n) is 15.6. The molecule has 1 aliphatic rings. The molecule has 0 bridgehead atoms. The van der Waals surface area contributed by atoms with Crippen LogP contribution in [0.1, 0.15) is 23.2 Å². The number of amides is 1. The second-order valence-corrected chi connectivity index (χ2v) is 7.37. The van der Waals surface area contributed by atoms with Crippen LogP contribution in [-0.4, -0.2) is 39.5 Å². The van der Waals surface area contributed by atoms with E-state index in [1.807, 2.05) is 48.5 Å². The van der Waals surface area contributed by atoms with Crippen LogP contribution in [0.5, 0.6) is 0 Å². The summed E-state index contributed by atoms with van der Waals surface area (Å²) < 4.78 is 0. The Labute approximate surface area is 173 Å². The molecule has 0 radical (unpaired) electrons. The Morgan fingerprint density at radius 1 is 1.03 bits per heavy atom. The van der Waals surface area contributed by atoms with E-state index in [4.69, 9.17) is 11.6 Å². The van der Waals surface area contributed by atoms with Crippen LogP contribution in [0.15, 0.2) is 66.9 Å². The van der Waals surface area contributed by atoms with E-state index < -0.39 is 12.0 Å². The van der Waals surface area contributed by atoms with E-state index in [0.717, 1.165) is 16.7 Å². The topological polar surface area (TPSA) is 70.5 Å². The van der Waals surface area contributed by atoms with Gasteiger partial charge in [-0.2, -0.15) is 0 Å². The molecular weight excluding hydrogens is 388 g/mol. The van der Waals surface area contributed by atoms with Gasteiger partial charge in [0, 0.05) is 34.5 Å². The van der Waals surface area contributed by atoms with Crippen LogP contribution in [0.25, 0.3) is 22.4 Å². The summed E-state index contributed by atoms with van der Waals surface area (Å²) in [4.78, 5) is 30.6. The van der Waals surface area contributed by atoms with E-state index in [0.29, 0.717) is 35.7 Å². The van der Waals surface area contributed by atoms with Gasteiger partial charge in [0.2, 0.25) is 0 Å². The van der Waals surface area contributed by atoms with Crippen molar-refractivity contribution in [2.45, 2.75) is 18.9 Å². The van der Waals surface area contributed by atoms with Gasteiger partial charge in [-0.25, -0.2) is 4.79 Å². The first-order chi connectivity index (χ1) is 14.1. The molecule has 1 unspecified atom stereocenters. The summed E-state index contributed by atoms with van der Waals surface area (Å²) >= 11 is 6.44. The molecule has 1 N–H and O–H groups in total. The van der Waals surface area contributed by atoms with Crippen LogP contribution in [0.4, 0.5) is 0 Å². The normalized spacial score (nSPS) is 16.0. The fourth-order valence-corrected chi connectivity index (χ4v) is 3.96. The molecule has 2 aromatic carbocycles. The van der Waals surface area contributed by atoms with Crippen molar-refractivity contribution in [3.05, 3.63) is 77.4 Å². The average molecular weight is 407 g/mol. The molecule has 29 heavy (non-hydrogen) atoms. The number of hydrogen-bond donors (Lipinski definition) is 1. The summed E-state index contributed by atoms with van der Waals surface area (Å²) in [5.74, 6) is -1.30. The average Bonchev–Trinajstić information content (AvgIpc) is 3.24. The lowest BCUT2D eigenvalue weighted by Gasteiger charge is -2.22. The first-order valence-electron chi connectivity index (χ1n) is 9.40. The quantitative estimate of drug-likeness (QED) is 0.678. The van der Waals surface area contributed by atoms with Crippen molar-refractivity contribution < 1.29 is 14.7 Å². The Balaban J connectivity index is 1.82. The minimum atomic E-state index is -0.976. The molecule has 1 atom stereocenters. The predicted octanol–water partition coefficient (Wildman–Crippen LogP) is 4.76. The number of benzene rings is 2. The maximum atomic E-state index is 13.1. The number of carboxylic acid groups (broad SMARTS) is 1. The third-order valence-electron chi connectivity index (χ3n) is 5.14. The zero-order valence-corrected chi connectivity index (χ0v) is 16.3. The van der Waals surface area contributed by atoms with Crippen molar-refractivity contribution in [1.82, 2.24) is 9.88 Å². The first kappa shape index (κ1) is 19.2. The molecule has 1 aliphatic heterocycles. The Bertz CT molecular complexity index is 1070. The monoisotopic (exact) mass is 406 g/mol. The maximum Gasteiger partial charge on any atom is 0.326 e. The Kier molecular flexibility index (Phi) is 5.32. The fourth-order valence-electron chi connectivity index (χ4n) is 3.73. The first-order valence-corrected chi connectivity index (χ1v) is 9.78. The van der Waals surface area contributed by atoms with Gasteiger partial charge < -0.3 is 10.0 Å². The number of aromatic nitrogens is 1. The van der Waals surface area contributed by atoms with Gasteiger partial charge in [0.25, 0.3) is 5.91 Å². The molecular formula is C23H19ClN2O3. The van der Waals surface area contributed by atoms with Gasteiger partial charge >= 0.3 is 5.97 Å². The maximum absolute atomic E-state index is 13.1. The van der Waals surface area contributed by atoms with Crippen molar-refractivity contribution in [2.24, 2.45) is 0 Å². The minimum absolute atomic E-state index is 0.324. The Hall–Kier alpha value is -3.18. The number of carbonyl (C=O) groups is 2. The lowest BCUT2D eigenvalue weighted by Crippen LogP contribution is -2.40. The van der Waals surface area contributed by atoms with Gasteiger partial charge in [-0.05, 0) is 25.0 Å². The number of carboxylic acids is 1. The Morgan fingerprint density at radius 3 is 2.48 bits per heavy atom. The molecule has 0 aliphatic carbocycles. The van der Waals surface area contributed by atoms with Crippen molar-refractivity contribution >= 4 is 23.5 Å². The van der Waals surface area contributed by atoms with E-state index in [9.17, 15) is 14.7 Å². The van der Waals surface area contributed by atoms with E-state index >= 15 is 0 Å². The SMILES string of the molecule is O=C(O)C1CCCN1C(=O)c1cnc(-c2ccccc2)c(-c2ccccc2Cl)c1. The highest BCUT2D eigenvalue weighted by molar-refractivity contribution is 6.33. The molecule has 0 saturated carbocycles. The second-order valence-electron chi connectivity index (χ2n) is 6.96. The van der Waals surface area contributed by atoms with E-state index in [2.05, 4.69) is 4.98 Å². The summed E-state index contributed by atoms with van der Waals surface area (Å²) in [6.07, 6.45) is 2.66. The van der Waals surface area contributed by atoms with E-state index in [1.165, 1.54) is 11.1 Å². The molecule has 4 rings (SSSR count). The van der Waals surface area contributed by atoms with Crippen molar-refractivity contribution in [3.63, 3.8) is 0 Å². The number of pyridine rings is 1. The lowest BCUT2D eigenvalue weighted by molar-refractivity contribution is -0.141. The van der Waals surface area contributed by atoms with E-state index in [1.54, 1.807) is 12.1 Å². The lowest BCUT2D eigenvalue weighted by atomic mass is 9.97. The van der Waals surface area contributed by atoms with Gasteiger partial charge in [-0.3, -0.25) is 9.78 Å². The van der Waals surface area contributed by atoms with Crippen LogP contribution in [0.3, 0.4) is 0 Å². The van der Waals surface area contributed by atoms with Crippen LogP contribution < -0.4 is 0 Å². The smallest absolute Gasteiger partial charge is 0.326 e. The van der Waals surface area contributed by atoms with Gasteiger partial charge in [0.15, 0.2) is 0 Å². The number of aliphatic carboxylic acids is 1. The third-order valence-corrected chi connectivity index (χ3v) is 5.47. The van der Waals surface area contributed by atoms with Crippen LogP contribution in [0.2, 0.25) is 5.02 Å². The van der Waals surface area contributed by atoms with Gasteiger partial charge in [-0.1, -0.05) is 60.1 Å². The van der Waals surface area contributed by atoms with Gasteiger partial charge in [-0.15, -0.1) is 0 Å². The number of halogens is 1. The summed E-state index contributed by atoms with van der Waals surface area (Å²) in [6, 6.07) is 18.0. The molecule has 1 amide bonds. The fraction of sp³-hybridized carbons (Fsp3) is 0.174. The van der Waals surface area contributed by atoms with Gasteiger partial charge in [0.1, 0.15) is 6.04 Å². The van der Waals surface area contributed by atoms with Crippen LogP contribution >= 0.6 is 11.6 Å². The van der Waals surface area contributed by atoms with Crippen molar-refractivity contribution in [2.75, 3.05) is 6.54 Å². The standard InChI is InChI=1S/C23H19ClN2O3/c24-19-10-5-4-9-17(19)18-13-16(14-25-21(18)15-7-2-1-3-8-15)22(27)26-12-6-11-20(26)23(28)29/h1-5,7-10,13-14,20H,6,11-12H2,(H,28,29). The predicted molar refractivity (Wildman–Crippen MR) is 112 cm³/mol. The zero-order chi connectivity index (χ0) is 20.4. The molecule has 6 heteroatoms. The summed E-state index contributed by atoms with van der Waals surface area (Å²) in [5.41, 5.74) is 3.48. The highest BCUT2D eigenvalue weighted by Gasteiger charge is 2.34. The van der Waals surface area contributed by atoms with Crippen molar-refractivity contribution in [1.29, 1.82) is 0 Å². The minimum Gasteiger partial charge on any atom is -0.480 e. The third kappa shape index (κ3) is 3.74. The molecule has 3 aromatic rings. The largest absolute Gasteiger partial charge is 0.480 e. The molecule has 146 valence electrons. The highest BCUT2D eigenvalue weighted by atomic mass is 35.5. The number of nitrogens with zero attached hydrogens (tertiary/aromatic N) is 2. The van der Waals surface area contributed by atoms with Crippen LogP contribution in [-0.2, 0) is 4.79 Å². The number of carbonyl (C=O) groups excluding carboxylic acids is 1. The Morgan fingerprint density at radius 2 is 1.76 bits per heavy atom. The highest BCUT2D eigenvalue weighted by Crippen LogP contribution is 2.35. The molecule has 5 nitrogen and oxygen atoms in total. The van der Waals surface area contributed by atoms with Gasteiger partial charge in [0.05, 0.1) is 11.3 Å². The molecule has 1 saturated heterocycles. The van der Waals surface area contributed by atoms with E-state index in [-0.39, 0.29) is 5.91 Å². The van der Waals surface area contributed by atoms with Crippen molar-refractivity contribution in [3.8, 4) is 22.4 Å². The summed E-state index contributed by atoms with van der Waals surface area (Å²) in [5, 5.41) is 9.97. The second kappa shape index (κ2) is 8.05. The number of likely N-dealkylation sites (tertiary alicyclic amines) is 1. The number of rotatable bonds is 4. The molecule has 1 fully saturated rings.